The van der Waals surface area contributed by atoms with E-state index in [0.717, 1.165) is 0 Å². The lowest BCUT2D eigenvalue weighted by Gasteiger charge is -2.33. The van der Waals surface area contributed by atoms with Crippen molar-refractivity contribution in [3.8, 4) is 6.07 Å². The second kappa shape index (κ2) is 5.97. The van der Waals surface area contributed by atoms with Gasteiger partial charge < -0.3 is 9.05 Å². The molecule has 3 atom stereocenters. The standard InChI is InChI=1S/C11H23N2O3P/c1-9(11(3,4)8-12)16-17(14,15-7)10(2)13(5)6/h9-10H,1-7H3/t9-,10?,17?/m0/s1. The number of hydrogen-bond donors (Lipinski definition) is 0. The summed E-state index contributed by atoms with van der Waals surface area (Å²) in [5.41, 5.74) is -0.708. The third-order valence-electron chi connectivity index (χ3n) is 3.07. The number of nitriles is 1. The average molecular weight is 262 g/mol. The van der Waals surface area contributed by atoms with Gasteiger partial charge in [-0.2, -0.15) is 5.26 Å². The fourth-order valence-corrected chi connectivity index (χ4v) is 2.85. The molecule has 0 N–H and O–H groups in total. The first-order valence-electron chi connectivity index (χ1n) is 5.52. The maximum absolute atomic E-state index is 12.5. The van der Waals surface area contributed by atoms with Crippen molar-refractivity contribution < 1.29 is 13.6 Å². The van der Waals surface area contributed by atoms with E-state index in [2.05, 4.69) is 6.07 Å². The minimum Gasteiger partial charge on any atom is -0.311 e. The summed E-state index contributed by atoms with van der Waals surface area (Å²) < 4.78 is 23.1. The molecule has 0 aliphatic rings. The molecule has 0 radical (unpaired) electrons. The van der Waals surface area contributed by atoms with E-state index < -0.39 is 19.1 Å². The molecule has 0 aromatic carbocycles. The van der Waals surface area contributed by atoms with Crippen LogP contribution in [0.4, 0.5) is 0 Å². The summed E-state index contributed by atoms with van der Waals surface area (Å²) in [7, 11) is 1.74. The van der Waals surface area contributed by atoms with Crippen molar-refractivity contribution in [2.45, 2.75) is 39.6 Å². The Kier molecular flexibility index (Phi) is 5.83. The smallest absolute Gasteiger partial charge is 0.311 e. The Morgan fingerprint density at radius 2 is 1.82 bits per heavy atom. The Hall–Kier alpha value is -0.400. The molecule has 5 nitrogen and oxygen atoms in total. The Bertz CT molecular complexity index is 336. The summed E-state index contributed by atoms with van der Waals surface area (Å²) in [6.07, 6.45) is -0.472. The summed E-state index contributed by atoms with van der Waals surface area (Å²) in [4.78, 5) is 1.77. The van der Waals surface area contributed by atoms with Gasteiger partial charge in [0.1, 0.15) is 5.78 Å². The van der Waals surface area contributed by atoms with Crippen molar-refractivity contribution in [3.63, 3.8) is 0 Å². The molecule has 0 saturated carbocycles. The van der Waals surface area contributed by atoms with Crippen LogP contribution in [0.2, 0.25) is 0 Å². The molecule has 0 amide bonds. The molecule has 6 heteroatoms. The summed E-state index contributed by atoms with van der Waals surface area (Å²) in [5.74, 6) is -0.357. The van der Waals surface area contributed by atoms with Gasteiger partial charge in [0.15, 0.2) is 0 Å². The molecule has 0 bridgehead atoms. The highest BCUT2D eigenvalue weighted by molar-refractivity contribution is 7.54. The Morgan fingerprint density at radius 1 is 1.35 bits per heavy atom. The molecule has 0 spiro atoms. The van der Waals surface area contributed by atoms with Crippen LogP contribution < -0.4 is 0 Å². The first kappa shape index (κ1) is 16.6. The van der Waals surface area contributed by atoms with E-state index in [1.54, 1.807) is 46.7 Å². The number of rotatable bonds is 6. The van der Waals surface area contributed by atoms with E-state index in [1.807, 2.05) is 0 Å². The minimum absolute atomic E-state index is 0.357. The molecule has 0 aliphatic heterocycles. The van der Waals surface area contributed by atoms with Crippen LogP contribution in [0.1, 0.15) is 27.7 Å². The van der Waals surface area contributed by atoms with Crippen molar-refractivity contribution in [1.82, 2.24) is 4.90 Å². The van der Waals surface area contributed by atoms with Crippen LogP contribution in [0, 0.1) is 16.7 Å². The second-order valence-corrected chi connectivity index (χ2v) is 7.30. The molecule has 0 heterocycles. The first-order chi connectivity index (χ1) is 7.60. The molecule has 0 fully saturated rings. The zero-order valence-electron chi connectivity index (χ0n) is 11.7. The van der Waals surface area contributed by atoms with Gasteiger partial charge in [0.2, 0.25) is 0 Å². The predicted molar refractivity (Wildman–Crippen MR) is 67.7 cm³/mol. The maximum Gasteiger partial charge on any atom is 0.347 e. The summed E-state index contributed by atoms with van der Waals surface area (Å²) in [5, 5.41) is 9.01. The van der Waals surface area contributed by atoms with Crippen LogP contribution >= 0.6 is 7.60 Å². The molecular weight excluding hydrogens is 239 g/mol. The third kappa shape index (κ3) is 4.08. The van der Waals surface area contributed by atoms with Crippen molar-refractivity contribution >= 4 is 7.60 Å². The van der Waals surface area contributed by atoms with E-state index in [1.165, 1.54) is 7.11 Å². The lowest BCUT2D eigenvalue weighted by molar-refractivity contribution is 0.0946. The average Bonchev–Trinajstić information content (AvgIpc) is 2.27. The topological polar surface area (TPSA) is 62.6 Å². The highest BCUT2D eigenvalue weighted by Crippen LogP contribution is 2.55. The van der Waals surface area contributed by atoms with E-state index in [4.69, 9.17) is 14.3 Å². The predicted octanol–water partition coefficient (Wildman–Crippen LogP) is 2.69. The third-order valence-corrected chi connectivity index (χ3v) is 5.57. The minimum atomic E-state index is -3.24. The zero-order valence-corrected chi connectivity index (χ0v) is 12.6. The molecule has 0 aliphatic carbocycles. The van der Waals surface area contributed by atoms with Crippen LogP contribution in [0.25, 0.3) is 0 Å². The summed E-state index contributed by atoms with van der Waals surface area (Å²) >= 11 is 0. The molecule has 100 valence electrons. The van der Waals surface area contributed by atoms with Crippen LogP contribution in [-0.4, -0.2) is 38.0 Å². The van der Waals surface area contributed by atoms with E-state index in [9.17, 15) is 4.57 Å². The Labute approximate surface area is 104 Å². The van der Waals surface area contributed by atoms with Gasteiger partial charge in [-0.25, -0.2) is 0 Å². The maximum atomic E-state index is 12.5. The molecule has 0 aromatic heterocycles. The van der Waals surface area contributed by atoms with Gasteiger partial charge in [-0.05, 0) is 41.8 Å². The highest BCUT2D eigenvalue weighted by atomic mass is 31.2. The molecular formula is C11H23N2O3P. The second-order valence-electron chi connectivity index (χ2n) is 4.90. The highest BCUT2D eigenvalue weighted by Gasteiger charge is 2.39. The van der Waals surface area contributed by atoms with Gasteiger partial charge >= 0.3 is 7.60 Å². The Balaban J connectivity index is 4.96. The lowest BCUT2D eigenvalue weighted by Crippen LogP contribution is -2.32. The van der Waals surface area contributed by atoms with Crippen molar-refractivity contribution in [1.29, 1.82) is 5.26 Å². The van der Waals surface area contributed by atoms with Gasteiger partial charge in [0.25, 0.3) is 0 Å². The van der Waals surface area contributed by atoms with Crippen LogP contribution in [0.5, 0.6) is 0 Å². The van der Waals surface area contributed by atoms with Crippen molar-refractivity contribution in [3.05, 3.63) is 0 Å². The fourth-order valence-electron chi connectivity index (χ4n) is 1.01. The van der Waals surface area contributed by atoms with E-state index in [-0.39, 0.29) is 5.78 Å². The summed E-state index contributed by atoms with van der Waals surface area (Å²) in [6.45, 7) is 7.00. The summed E-state index contributed by atoms with van der Waals surface area (Å²) in [6, 6.07) is 2.14. The fraction of sp³-hybridized carbons (Fsp3) is 0.909. The molecule has 0 aromatic rings. The van der Waals surface area contributed by atoms with Gasteiger partial charge in [0, 0.05) is 7.11 Å². The lowest BCUT2D eigenvalue weighted by atomic mass is 9.90. The molecule has 17 heavy (non-hydrogen) atoms. The van der Waals surface area contributed by atoms with Gasteiger partial charge in [-0.3, -0.25) is 9.46 Å². The van der Waals surface area contributed by atoms with E-state index >= 15 is 0 Å². The SMILES string of the molecule is COP(=O)(O[C@@H](C)C(C)(C)C#N)C(C)N(C)C. The molecule has 0 saturated heterocycles. The van der Waals surface area contributed by atoms with Crippen molar-refractivity contribution in [2.75, 3.05) is 21.2 Å². The van der Waals surface area contributed by atoms with Crippen LogP contribution in [0.3, 0.4) is 0 Å². The largest absolute Gasteiger partial charge is 0.347 e. The monoisotopic (exact) mass is 262 g/mol. The number of hydrogen-bond acceptors (Lipinski definition) is 5. The normalized spacial score (nSPS) is 19.5. The Morgan fingerprint density at radius 3 is 2.12 bits per heavy atom. The van der Waals surface area contributed by atoms with Crippen LogP contribution in [-0.2, 0) is 13.6 Å². The number of nitrogens with zero attached hydrogens (tertiary/aromatic N) is 2. The molecule has 0 rings (SSSR count). The van der Waals surface area contributed by atoms with Gasteiger partial charge in [-0.15, -0.1) is 0 Å². The van der Waals surface area contributed by atoms with Gasteiger partial charge in [-0.1, -0.05) is 0 Å². The quantitative estimate of drug-likeness (QED) is 0.689. The van der Waals surface area contributed by atoms with Crippen LogP contribution in [0.15, 0.2) is 0 Å². The molecule has 2 unspecified atom stereocenters. The van der Waals surface area contributed by atoms with Gasteiger partial charge in [0.05, 0.1) is 17.6 Å². The zero-order chi connectivity index (χ0) is 13.9. The van der Waals surface area contributed by atoms with E-state index in [0.29, 0.717) is 0 Å². The van der Waals surface area contributed by atoms with Crippen molar-refractivity contribution in [2.24, 2.45) is 5.41 Å². The first-order valence-corrected chi connectivity index (χ1v) is 7.13.